The van der Waals surface area contributed by atoms with Crippen molar-refractivity contribution in [2.45, 2.75) is 62.1 Å². The molecule has 3 aliphatic rings. The highest BCUT2D eigenvalue weighted by Crippen LogP contribution is 2.47. The molecule has 1 aliphatic heterocycles. The smallest absolute Gasteiger partial charge is 0.252 e. The Morgan fingerprint density at radius 2 is 1.84 bits per heavy atom. The first-order valence-electron chi connectivity index (χ1n) is 13.8. The third kappa shape index (κ3) is 4.78. The minimum Gasteiger partial charge on any atom is -0.351 e. The largest absolute Gasteiger partial charge is 0.351 e. The molecule has 3 amide bonds. The van der Waals surface area contributed by atoms with Crippen molar-refractivity contribution in [2.24, 2.45) is 0 Å². The van der Waals surface area contributed by atoms with Gasteiger partial charge in [-0.3, -0.25) is 24.2 Å². The summed E-state index contributed by atoms with van der Waals surface area (Å²) in [5.41, 5.74) is -1.46. The number of carbonyl (C=O) groups is 3. The van der Waals surface area contributed by atoms with Crippen LogP contribution in [-0.4, -0.2) is 40.7 Å². The molecule has 43 heavy (non-hydrogen) atoms. The van der Waals surface area contributed by atoms with Gasteiger partial charge in [0.15, 0.2) is 5.54 Å². The molecule has 1 N–H and O–H groups in total. The summed E-state index contributed by atoms with van der Waals surface area (Å²) in [5.74, 6) is -6.25. The van der Waals surface area contributed by atoms with E-state index in [0.29, 0.717) is 0 Å². The predicted octanol–water partition coefficient (Wildman–Crippen LogP) is 4.52. The van der Waals surface area contributed by atoms with Gasteiger partial charge in [0.25, 0.3) is 17.7 Å². The van der Waals surface area contributed by atoms with Crippen LogP contribution in [0, 0.1) is 23.0 Å². The summed E-state index contributed by atoms with van der Waals surface area (Å²) in [6.07, 6.45) is 0.0233. The number of nitrogens with zero attached hydrogens (tertiary/aromatic N) is 4. The highest BCUT2D eigenvalue weighted by molar-refractivity contribution is 6.12. The normalized spacial score (nSPS) is 22.4. The number of halogens is 4. The summed E-state index contributed by atoms with van der Waals surface area (Å²) >= 11 is 0. The lowest BCUT2D eigenvalue weighted by atomic mass is 9.83. The molecule has 12 heteroatoms. The number of benzene rings is 2. The lowest BCUT2D eigenvalue weighted by molar-refractivity contribution is -0.137. The lowest BCUT2D eigenvalue weighted by Gasteiger charge is -2.45. The number of fused-ring (bicyclic) bond motifs is 1. The van der Waals surface area contributed by atoms with Gasteiger partial charge >= 0.3 is 0 Å². The van der Waals surface area contributed by atoms with E-state index >= 15 is 4.39 Å². The van der Waals surface area contributed by atoms with E-state index in [1.54, 1.807) is 0 Å². The Hall–Kier alpha value is -4.79. The molecule has 1 saturated carbocycles. The van der Waals surface area contributed by atoms with Crippen LogP contribution in [0.2, 0.25) is 0 Å². The average Bonchev–Trinajstić information content (AvgIpc) is 3.54. The van der Waals surface area contributed by atoms with Crippen molar-refractivity contribution in [3.8, 4) is 6.07 Å². The standard InChI is InChI=1S/C31H25F4N5O3/c32-19-3-1-4-21(14-19)40(28(42)25-7-8-27(41)39(25)26-13-18(17-36)10-12-37-26)31(29(43)38-20-15-30(34,35)16-20)11-9-22-23(31)5-2-6-24(22)33/h1-6,10,12-14,20,25H,7-9,11,15-16H2,(H,38,43)/t25-,31+/m0/s1. The van der Waals surface area contributed by atoms with Gasteiger partial charge in [0.1, 0.15) is 23.5 Å². The number of aromatic nitrogens is 1. The zero-order chi connectivity index (χ0) is 30.5. The van der Waals surface area contributed by atoms with Gasteiger partial charge in [0.2, 0.25) is 5.91 Å². The molecule has 0 bridgehead atoms. The van der Waals surface area contributed by atoms with Gasteiger partial charge in [-0.05, 0) is 66.8 Å². The molecule has 2 fully saturated rings. The molecule has 1 saturated heterocycles. The second-order valence-electron chi connectivity index (χ2n) is 11.0. The Morgan fingerprint density at radius 3 is 2.56 bits per heavy atom. The number of hydrogen-bond acceptors (Lipinski definition) is 5. The molecule has 2 atom stereocenters. The van der Waals surface area contributed by atoms with Crippen molar-refractivity contribution in [3.63, 3.8) is 0 Å². The number of amides is 3. The Balaban J connectivity index is 1.51. The Kier molecular flexibility index (Phi) is 6.91. The highest BCUT2D eigenvalue weighted by Gasteiger charge is 2.57. The van der Waals surface area contributed by atoms with Gasteiger partial charge in [-0.25, -0.2) is 22.5 Å². The number of hydrogen-bond donors (Lipinski definition) is 1. The number of alkyl halides is 2. The highest BCUT2D eigenvalue weighted by atomic mass is 19.3. The van der Waals surface area contributed by atoms with E-state index < -0.39 is 65.7 Å². The van der Waals surface area contributed by atoms with Gasteiger partial charge in [-0.1, -0.05) is 18.2 Å². The van der Waals surface area contributed by atoms with E-state index in [0.717, 1.165) is 21.9 Å². The number of nitriles is 1. The molecular weight excluding hydrogens is 566 g/mol. The van der Waals surface area contributed by atoms with Crippen molar-refractivity contribution in [1.82, 2.24) is 10.3 Å². The first-order valence-corrected chi connectivity index (χ1v) is 13.8. The van der Waals surface area contributed by atoms with Crippen LogP contribution >= 0.6 is 0 Å². The van der Waals surface area contributed by atoms with E-state index in [2.05, 4.69) is 10.3 Å². The molecule has 3 aromatic rings. The summed E-state index contributed by atoms with van der Waals surface area (Å²) in [6, 6.07) is 11.7. The minimum absolute atomic E-state index is 0.0184. The summed E-state index contributed by atoms with van der Waals surface area (Å²) < 4.78 is 57.3. The molecule has 2 heterocycles. The van der Waals surface area contributed by atoms with Gasteiger partial charge < -0.3 is 5.32 Å². The molecule has 6 rings (SSSR count). The second kappa shape index (κ2) is 10.5. The summed E-state index contributed by atoms with van der Waals surface area (Å²) in [4.78, 5) is 48.5. The van der Waals surface area contributed by atoms with E-state index in [1.807, 2.05) is 6.07 Å². The van der Waals surface area contributed by atoms with Crippen LogP contribution in [0.15, 0.2) is 60.8 Å². The van der Waals surface area contributed by atoms with Crippen molar-refractivity contribution in [1.29, 1.82) is 5.26 Å². The Bertz CT molecular complexity index is 1680. The van der Waals surface area contributed by atoms with E-state index in [-0.39, 0.29) is 53.9 Å². The molecule has 1 aromatic heterocycles. The lowest BCUT2D eigenvalue weighted by Crippen LogP contribution is -2.64. The Labute approximate surface area is 243 Å². The molecule has 2 aromatic carbocycles. The number of anilines is 2. The van der Waals surface area contributed by atoms with Crippen molar-refractivity contribution >= 4 is 29.2 Å². The molecular formula is C31H25F4N5O3. The summed E-state index contributed by atoms with van der Waals surface area (Å²) in [5, 5.41) is 12.0. The Morgan fingerprint density at radius 1 is 1.07 bits per heavy atom. The third-order valence-corrected chi connectivity index (χ3v) is 8.39. The van der Waals surface area contributed by atoms with Crippen molar-refractivity contribution in [3.05, 3.63) is 89.1 Å². The summed E-state index contributed by atoms with van der Waals surface area (Å²) in [6.45, 7) is 0. The zero-order valence-electron chi connectivity index (χ0n) is 22.7. The fourth-order valence-corrected chi connectivity index (χ4v) is 6.40. The maximum absolute atomic E-state index is 15.1. The predicted molar refractivity (Wildman–Crippen MR) is 146 cm³/mol. The molecule has 0 spiro atoms. The van der Waals surface area contributed by atoms with Crippen LogP contribution in [0.5, 0.6) is 0 Å². The van der Waals surface area contributed by atoms with Gasteiger partial charge in [-0.15, -0.1) is 0 Å². The third-order valence-electron chi connectivity index (χ3n) is 8.39. The minimum atomic E-state index is -2.95. The van der Waals surface area contributed by atoms with Crippen LogP contribution in [0.1, 0.15) is 48.8 Å². The van der Waals surface area contributed by atoms with Crippen molar-refractivity contribution < 1.29 is 31.9 Å². The quantitative estimate of drug-likeness (QED) is 0.425. The first-order chi connectivity index (χ1) is 20.5. The maximum Gasteiger partial charge on any atom is 0.252 e. The zero-order valence-corrected chi connectivity index (χ0v) is 22.7. The molecule has 220 valence electrons. The van der Waals surface area contributed by atoms with Gasteiger partial charge in [-0.2, -0.15) is 5.26 Å². The van der Waals surface area contributed by atoms with E-state index in [4.69, 9.17) is 0 Å². The van der Waals surface area contributed by atoms with Gasteiger partial charge in [0, 0.05) is 37.2 Å². The topological polar surface area (TPSA) is 106 Å². The van der Waals surface area contributed by atoms with Crippen LogP contribution in [0.25, 0.3) is 0 Å². The molecule has 0 radical (unpaired) electrons. The maximum atomic E-state index is 15.1. The van der Waals surface area contributed by atoms with Crippen LogP contribution in [0.4, 0.5) is 29.1 Å². The number of pyridine rings is 1. The van der Waals surface area contributed by atoms with Crippen LogP contribution in [0.3, 0.4) is 0 Å². The van der Waals surface area contributed by atoms with Crippen LogP contribution in [-0.2, 0) is 26.3 Å². The monoisotopic (exact) mass is 591 g/mol. The summed E-state index contributed by atoms with van der Waals surface area (Å²) in [7, 11) is 0. The molecule has 8 nitrogen and oxygen atoms in total. The number of carbonyl (C=O) groups excluding carboxylic acids is 3. The van der Waals surface area contributed by atoms with E-state index in [1.165, 1.54) is 48.7 Å². The second-order valence-corrected chi connectivity index (χ2v) is 11.0. The molecule has 2 aliphatic carbocycles. The SMILES string of the molecule is N#Cc1ccnc(N2C(=O)CC[C@H]2C(=O)N(c2cccc(F)c2)[C@]2(C(=O)NC3CC(F)(F)C3)CCc3c(F)cccc32)c1. The van der Waals surface area contributed by atoms with Crippen molar-refractivity contribution in [2.75, 3.05) is 9.80 Å². The van der Waals surface area contributed by atoms with E-state index in [9.17, 15) is 32.8 Å². The first kappa shape index (κ1) is 28.3. The number of rotatable bonds is 6. The van der Waals surface area contributed by atoms with Gasteiger partial charge in [0.05, 0.1) is 11.6 Å². The molecule has 0 unspecified atom stereocenters. The van der Waals surface area contributed by atoms with Crippen LogP contribution < -0.4 is 15.1 Å². The number of nitrogens with one attached hydrogen (secondary N) is 1. The average molecular weight is 592 g/mol. The fraction of sp³-hybridized carbons (Fsp3) is 0.323. The fourth-order valence-electron chi connectivity index (χ4n) is 6.40.